The average molecular weight is 476 g/mol. The first-order valence-corrected chi connectivity index (χ1v) is 13.5. The molecule has 0 aliphatic carbocycles. The molecule has 0 bridgehead atoms. The summed E-state index contributed by atoms with van der Waals surface area (Å²) in [5, 5.41) is 0. The molecule has 4 rings (SSSR count). The number of aromatic nitrogens is 2. The first-order valence-electron chi connectivity index (χ1n) is 13.5. The molecule has 1 aromatic heterocycles. The van der Waals surface area contributed by atoms with E-state index in [4.69, 9.17) is 14.5 Å². The predicted octanol–water partition coefficient (Wildman–Crippen LogP) is 7.51. The summed E-state index contributed by atoms with van der Waals surface area (Å²) in [5.41, 5.74) is 4.88. The maximum atomic E-state index is 5.63. The number of ether oxygens (including phenoxy) is 2. The van der Waals surface area contributed by atoms with E-state index in [1.807, 2.05) is 6.07 Å². The minimum absolute atomic E-state index is 0.317. The third kappa shape index (κ3) is 7.35. The summed E-state index contributed by atoms with van der Waals surface area (Å²) in [7, 11) is 0. The Bertz CT molecular complexity index is 1030. The molecule has 5 heteroatoms. The number of unbranched alkanes of at least 4 members (excludes halogenated alkanes) is 6. The average Bonchev–Trinajstić information content (AvgIpc) is 3.52. The highest BCUT2D eigenvalue weighted by molar-refractivity contribution is 5.55. The van der Waals surface area contributed by atoms with Gasteiger partial charge in [-0.1, -0.05) is 88.8 Å². The van der Waals surface area contributed by atoms with Gasteiger partial charge in [0.25, 0.3) is 0 Å². The molecular formula is C30H41N3O2. The van der Waals surface area contributed by atoms with Crippen LogP contribution in [0.1, 0.15) is 82.2 Å². The van der Waals surface area contributed by atoms with Crippen molar-refractivity contribution in [1.82, 2.24) is 14.9 Å². The van der Waals surface area contributed by atoms with Crippen molar-refractivity contribution >= 4 is 0 Å². The highest BCUT2D eigenvalue weighted by atomic mass is 16.7. The monoisotopic (exact) mass is 475 g/mol. The van der Waals surface area contributed by atoms with Crippen LogP contribution in [0.3, 0.4) is 0 Å². The lowest BCUT2D eigenvalue weighted by Gasteiger charge is -2.23. The van der Waals surface area contributed by atoms with Crippen molar-refractivity contribution in [3.8, 4) is 22.9 Å². The van der Waals surface area contributed by atoms with Gasteiger partial charge in [-0.3, -0.25) is 4.90 Å². The van der Waals surface area contributed by atoms with Crippen LogP contribution in [-0.4, -0.2) is 28.2 Å². The lowest BCUT2D eigenvalue weighted by atomic mass is 10.1. The van der Waals surface area contributed by atoms with Crippen molar-refractivity contribution in [2.45, 2.75) is 84.7 Å². The second-order valence-corrected chi connectivity index (χ2v) is 9.65. The number of nitrogens with one attached hydrogen (secondary N) is 1. The highest BCUT2D eigenvalue weighted by Gasteiger charge is 2.18. The number of H-pyrrole nitrogens is 1. The van der Waals surface area contributed by atoms with Crippen molar-refractivity contribution in [1.29, 1.82) is 0 Å². The maximum absolute atomic E-state index is 5.63. The van der Waals surface area contributed by atoms with E-state index < -0.39 is 0 Å². The van der Waals surface area contributed by atoms with Crippen molar-refractivity contribution in [3.05, 3.63) is 65.5 Å². The molecule has 1 N–H and O–H groups in total. The van der Waals surface area contributed by atoms with Gasteiger partial charge >= 0.3 is 0 Å². The van der Waals surface area contributed by atoms with Crippen LogP contribution in [0.15, 0.2) is 48.5 Å². The van der Waals surface area contributed by atoms with Crippen LogP contribution >= 0.6 is 0 Å². The highest BCUT2D eigenvalue weighted by Crippen LogP contribution is 2.33. The molecule has 3 aromatic rings. The number of aryl methyl sites for hydroxylation is 1. The van der Waals surface area contributed by atoms with E-state index in [1.54, 1.807) is 0 Å². The van der Waals surface area contributed by atoms with Crippen LogP contribution in [0.2, 0.25) is 0 Å². The molecular weight excluding hydrogens is 434 g/mol. The Morgan fingerprint density at radius 1 is 0.829 bits per heavy atom. The Morgan fingerprint density at radius 2 is 1.60 bits per heavy atom. The molecule has 188 valence electrons. The van der Waals surface area contributed by atoms with Crippen LogP contribution in [-0.2, 0) is 19.5 Å². The van der Waals surface area contributed by atoms with Crippen LogP contribution in [0.25, 0.3) is 11.4 Å². The Labute approximate surface area is 210 Å². The van der Waals surface area contributed by atoms with Gasteiger partial charge < -0.3 is 14.5 Å². The molecule has 0 saturated carbocycles. The smallest absolute Gasteiger partial charge is 0.231 e. The zero-order valence-electron chi connectivity index (χ0n) is 21.5. The number of fused-ring (bicyclic) bond motifs is 1. The molecule has 2 aromatic carbocycles. The van der Waals surface area contributed by atoms with Gasteiger partial charge in [-0.2, -0.15) is 0 Å². The summed E-state index contributed by atoms with van der Waals surface area (Å²) in [6.07, 6.45) is 11.2. The molecule has 0 unspecified atom stereocenters. The molecule has 2 heterocycles. The Hall–Kier alpha value is -2.79. The van der Waals surface area contributed by atoms with E-state index in [1.165, 1.54) is 61.9 Å². The third-order valence-corrected chi connectivity index (χ3v) is 6.73. The van der Waals surface area contributed by atoms with Gasteiger partial charge in [0.1, 0.15) is 5.82 Å². The van der Waals surface area contributed by atoms with Crippen LogP contribution < -0.4 is 9.47 Å². The van der Waals surface area contributed by atoms with E-state index >= 15 is 0 Å². The van der Waals surface area contributed by atoms with Crippen LogP contribution in [0.4, 0.5) is 0 Å². The van der Waals surface area contributed by atoms with E-state index in [0.29, 0.717) is 6.79 Å². The van der Waals surface area contributed by atoms with Gasteiger partial charge in [0, 0.05) is 18.7 Å². The number of hydrogen-bond acceptors (Lipinski definition) is 4. The predicted molar refractivity (Wildman–Crippen MR) is 143 cm³/mol. The summed E-state index contributed by atoms with van der Waals surface area (Å²) in [4.78, 5) is 11.3. The molecule has 0 fully saturated rings. The zero-order chi connectivity index (χ0) is 24.3. The van der Waals surface area contributed by atoms with E-state index in [0.717, 1.165) is 55.4 Å². The van der Waals surface area contributed by atoms with Gasteiger partial charge in [0.15, 0.2) is 11.5 Å². The van der Waals surface area contributed by atoms with Crippen molar-refractivity contribution in [2.75, 3.05) is 13.3 Å². The molecule has 5 nitrogen and oxygen atoms in total. The third-order valence-electron chi connectivity index (χ3n) is 6.73. The fourth-order valence-corrected chi connectivity index (χ4v) is 4.71. The topological polar surface area (TPSA) is 50.4 Å². The first-order chi connectivity index (χ1) is 17.3. The summed E-state index contributed by atoms with van der Waals surface area (Å²) >= 11 is 0. The molecule has 0 saturated heterocycles. The van der Waals surface area contributed by atoms with Gasteiger partial charge in [-0.25, -0.2) is 4.98 Å². The Balaban J connectivity index is 1.50. The second kappa shape index (κ2) is 13.3. The number of aromatic amines is 1. The number of benzene rings is 2. The van der Waals surface area contributed by atoms with E-state index in [2.05, 4.69) is 66.2 Å². The zero-order valence-corrected chi connectivity index (χ0v) is 21.5. The van der Waals surface area contributed by atoms with E-state index in [-0.39, 0.29) is 0 Å². The van der Waals surface area contributed by atoms with Crippen LogP contribution in [0.5, 0.6) is 11.5 Å². The van der Waals surface area contributed by atoms with Crippen molar-refractivity contribution in [3.63, 3.8) is 0 Å². The number of imidazole rings is 1. The summed E-state index contributed by atoms with van der Waals surface area (Å²) < 4.78 is 11.1. The molecule has 35 heavy (non-hydrogen) atoms. The Morgan fingerprint density at radius 3 is 2.43 bits per heavy atom. The number of rotatable bonds is 15. The molecule has 0 spiro atoms. The standard InChI is InChI=1S/C30H41N3O2/c1-3-5-7-8-9-13-19-33(21-24-17-18-28-29(20-24)35-23-34-28)22-27-26(16-6-4-2)31-30(32-27)25-14-11-10-12-15-25/h10-12,14-15,17-18,20H,3-9,13,16,19,21-23H2,1-2H3,(H,31,32). The molecule has 0 radical (unpaired) electrons. The SMILES string of the molecule is CCCCCCCCN(Cc1ccc2c(c1)OCO2)Cc1[nH]c(-c2ccccc2)nc1CCCC. The fourth-order valence-electron chi connectivity index (χ4n) is 4.71. The van der Waals surface area contributed by atoms with E-state index in [9.17, 15) is 0 Å². The van der Waals surface area contributed by atoms with Gasteiger partial charge in [-0.15, -0.1) is 0 Å². The molecule has 0 amide bonds. The van der Waals surface area contributed by atoms with Gasteiger partial charge in [0.2, 0.25) is 6.79 Å². The quantitative estimate of drug-likeness (QED) is 0.231. The fraction of sp³-hybridized carbons (Fsp3) is 0.500. The summed E-state index contributed by atoms with van der Waals surface area (Å²) in [6.45, 7) is 7.68. The molecule has 1 aliphatic rings. The lowest BCUT2D eigenvalue weighted by Crippen LogP contribution is -2.25. The minimum Gasteiger partial charge on any atom is -0.454 e. The van der Waals surface area contributed by atoms with Gasteiger partial charge in [0.05, 0.1) is 11.4 Å². The second-order valence-electron chi connectivity index (χ2n) is 9.65. The number of hydrogen-bond donors (Lipinski definition) is 1. The van der Waals surface area contributed by atoms with Crippen LogP contribution in [0, 0.1) is 0 Å². The summed E-state index contributed by atoms with van der Waals surface area (Å²) in [6, 6.07) is 16.8. The Kier molecular flexibility index (Phi) is 9.64. The largest absolute Gasteiger partial charge is 0.454 e. The minimum atomic E-state index is 0.317. The van der Waals surface area contributed by atoms with Crippen molar-refractivity contribution in [2.24, 2.45) is 0 Å². The lowest BCUT2D eigenvalue weighted by molar-refractivity contribution is 0.174. The molecule has 0 atom stereocenters. The summed E-state index contributed by atoms with van der Waals surface area (Å²) in [5.74, 6) is 2.69. The maximum Gasteiger partial charge on any atom is 0.231 e. The van der Waals surface area contributed by atoms with Crippen molar-refractivity contribution < 1.29 is 9.47 Å². The van der Waals surface area contributed by atoms with Gasteiger partial charge in [-0.05, 0) is 43.5 Å². The first kappa shape index (κ1) is 25.3. The normalized spacial score (nSPS) is 12.5. The molecule has 1 aliphatic heterocycles. The number of nitrogens with zero attached hydrogens (tertiary/aromatic N) is 2.